The normalized spacial score (nSPS) is 13.1. The molecule has 1 heterocycles. The summed E-state index contributed by atoms with van der Waals surface area (Å²) < 4.78 is 31.7. The summed E-state index contributed by atoms with van der Waals surface area (Å²) in [4.78, 5) is 30.8. The maximum Gasteiger partial charge on any atom is 0.408 e. The summed E-state index contributed by atoms with van der Waals surface area (Å²) in [7, 11) is -1.92. The molecule has 0 bridgehead atoms. The van der Waals surface area contributed by atoms with Crippen LogP contribution >= 0.6 is 11.6 Å². The Morgan fingerprint density at radius 3 is 2.51 bits per heavy atom. The molecule has 11 heteroatoms. The van der Waals surface area contributed by atoms with E-state index in [1.165, 1.54) is 15.9 Å². The number of aromatic nitrogens is 2. The van der Waals surface area contributed by atoms with Gasteiger partial charge < -0.3 is 10.1 Å². The highest BCUT2D eigenvalue weighted by Crippen LogP contribution is 2.24. The number of hydrogen-bond donors (Lipinski definition) is 1. The molecular weight excluding hydrogens is 492 g/mol. The zero-order valence-electron chi connectivity index (χ0n) is 20.5. The standard InChI is InChI=1S/C24H29ClN4O5S/c1-15(26-23(31)34-24(2,3)4)21-27-19-12-8-11-18(25)20(19)22(30)29(21)17-10-7-9-16(13-17)14-28(5)35(6,32)33/h7-13,15H,14H2,1-6H3,(H,26,31)/t15-/m0/s1. The predicted molar refractivity (Wildman–Crippen MR) is 136 cm³/mol. The maximum atomic E-state index is 13.7. The van der Waals surface area contributed by atoms with Gasteiger partial charge in [0.05, 0.1) is 33.9 Å². The molecule has 0 spiro atoms. The van der Waals surface area contributed by atoms with Gasteiger partial charge >= 0.3 is 6.09 Å². The summed E-state index contributed by atoms with van der Waals surface area (Å²) in [6.45, 7) is 7.07. The van der Waals surface area contributed by atoms with Crippen molar-refractivity contribution in [2.75, 3.05) is 13.3 Å². The number of carbonyl (C=O) groups is 1. The minimum absolute atomic E-state index is 0.115. The Bertz CT molecular complexity index is 1430. The predicted octanol–water partition coefficient (Wildman–Crippen LogP) is 4.02. The van der Waals surface area contributed by atoms with Crippen molar-refractivity contribution in [3.05, 3.63) is 69.2 Å². The Hall–Kier alpha value is -2.95. The average molecular weight is 521 g/mol. The molecule has 3 rings (SSSR count). The number of sulfonamides is 1. The number of halogens is 1. The zero-order chi connectivity index (χ0) is 26.1. The van der Waals surface area contributed by atoms with Gasteiger partial charge in [0.25, 0.3) is 5.56 Å². The van der Waals surface area contributed by atoms with Gasteiger partial charge in [0.15, 0.2) is 0 Å². The summed E-state index contributed by atoms with van der Waals surface area (Å²) in [6, 6.07) is 11.2. The van der Waals surface area contributed by atoms with E-state index < -0.39 is 33.3 Å². The van der Waals surface area contributed by atoms with Crippen molar-refractivity contribution in [1.82, 2.24) is 19.2 Å². The first kappa shape index (κ1) is 26.7. The van der Waals surface area contributed by atoms with Gasteiger partial charge in [0.1, 0.15) is 11.4 Å². The molecule has 1 N–H and O–H groups in total. The molecule has 0 fully saturated rings. The van der Waals surface area contributed by atoms with E-state index in [1.54, 1.807) is 70.2 Å². The van der Waals surface area contributed by atoms with Crippen LogP contribution in [0.5, 0.6) is 0 Å². The first-order valence-electron chi connectivity index (χ1n) is 10.9. The van der Waals surface area contributed by atoms with Crippen molar-refractivity contribution in [2.45, 2.75) is 45.9 Å². The van der Waals surface area contributed by atoms with Gasteiger partial charge in [-0.05, 0) is 57.5 Å². The molecule has 0 unspecified atom stereocenters. The van der Waals surface area contributed by atoms with E-state index in [4.69, 9.17) is 16.3 Å². The van der Waals surface area contributed by atoms with E-state index in [2.05, 4.69) is 10.3 Å². The van der Waals surface area contributed by atoms with Crippen LogP contribution in [-0.2, 0) is 21.3 Å². The van der Waals surface area contributed by atoms with Crippen molar-refractivity contribution < 1.29 is 17.9 Å². The van der Waals surface area contributed by atoms with Crippen LogP contribution in [0.4, 0.5) is 4.79 Å². The van der Waals surface area contributed by atoms with Gasteiger partial charge in [0.2, 0.25) is 10.0 Å². The van der Waals surface area contributed by atoms with E-state index in [9.17, 15) is 18.0 Å². The van der Waals surface area contributed by atoms with Crippen LogP contribution in [0.25, 0.3) is 16.6 Å². The van der Waals surface area contributed by atoms with Crippen LogP contribution in [0.15, 0.2) is 47.3 Å². The summed E-state index contributed by atoms with van der Waals surface area (Å²) in [5.41, 5.74) is 0.395. The molecule has 0 aliphatic rings. The number of ether oxygens (including phenoxy) is 1. The second-order valence-corrected chi connectivity index (χ2v) is 11.8. The van der Waals surface area contributed by atoms with Gasteiger partial charge in [-0.25, -0.2) is 22.5 Å². The fourth-order valence-corrected chi connectivity index (χ4v) is 4.10. The monoisotopic (exact) mass is 520 g/mol. The number of amides is 1. The maximum absolute atomic E-state index is 13.7. The molecular formula is C24H29ClN4O5S. The molecule has 0 aliphatic carbocycles. The number of hydrogen-bond acceptors (Lipinski definition) is 6. The topological polar surface area (TPSA) is 111 Å². The number of alkyl carbamates (subject to hydrolysis) is 1. The first-order chi connectivity index (χ1) is 16.2. The van der Waals surface area contributed by atoms with Crippen molar-refractivity contribution in [3.8, 4) is 5.69 Å². The number of carbonyl (C=O) groups excluding carboxylic acids is 1. The third-order valence-corrected chi connectivity index (χ3v) is 6.71. The molecule has 1 amide bonds. The van der Waals surface area contributed by atoms with Gasteiger partial charge in [-0.2, -0.15) is 0 Å². The Morgan fingerprint density at radius 2 is 1.89 bits per heavy atom. The molecule has 188 valence electrons. The fourth-order valence-electron chi connectivity index (χ4n) is 3.46. The van der Waals surface area contributed by atoms with Crippen LogP contribution in [0, 0.1) is 0 Å². The third kappa shape index (κ3) is 6.39. The van der Waals surface area contributed by atoms with Crippen LogP contribution in [-0.4, -0.2) is 47.3 Å². The molecule has 0 saturated heterocycles. The highest BCUT2D eigenvalue weighted by Gasteiger charge is 2.23. The summed E-state index contributed by atoms with van der Waals surface area (Å²) in [5.74, 6) is 0.268. The lowest BCUT2D eigenvalue weighted by molar-refractivity contribution is 0.0505. The molecule has 0 radical (unpaired) electrons. The molecule has 0 aliphatic heterocycles. The lowest BCUT2D eigenvalue weighted by atomic mass is 10.1. The Kier molecular flexibility index (Phi) is 7.59. The van der Waals surface area contributed by atoms with Crippen molar-refractivity contribution >= 4 is 38.6 Å². The molecule has 9 nitrogen and oxygen atoms in total. The van der Waals surface area contributed by atoms with Crippen LogP contribution in [0.1, 0.15) is 45.1 Å². The van der Waals surface area contributed by atoms with Crippen molar-refractivity contribution in [1.29, 1.82) is 0 Å². The SMILES string of the molecule is C[C@H](NC(=O)OC(C)(C)C)c1nc2cccc(Cl)c2c(=O)n1-c1cccc(CN(C)S(C)(=O)=O)c1. The molecule has 1 atom stereocenters. The van der Waals surface area contributed by atoms with Gasteiger partial charge in [-0.15, -0.1) is 0 Å². The van der Waals surface area contributed by atoms with Crippen LogP contribution in [0.3, 0.4) is 0 Å². The Labute approximate surface area is 209 Å². The minimum atomic E-state index is -3.40. The van der Waals surface area contributed by atoms with Crippen LogP contribution < -0.4 is 10.9 Å². The smallest absolute Gasteiger partial charge is 0.408 e. The quantitative estimate of drug-likeness (QED) is 0.525. The Balaban J connectivity index is 2.16. The van der Waals surface area contributed by atoms with E-state index >= 15 is 0 Å². The van der Waals surface area contributed by atoms with Crippen LogP contribution in [0.2, 0.25) is 5.02 Å². The van der Waals surface area contributed by atoms with Crippen molar-refractivity contribution in [3.63, 3.8) is 0 Å². The number of fused-ring (bicyclic) bond motifs is 1. The lowest BCUT2D eigenvalue weighted by Gasteiger charge is -2.23. The van der Waals surface area contributed by atoms with E-state index in [-0.39, 0.29) is 22.8 Å². The highest BCUT2D eigenvalue weighted by molar-refractivity contribution is 7.88. The summed E-state index contributed by atoms with van der Waals surface area (Å²) in [5, 5.41) is 3.22. The first-order valence-corrected chi connectivity index (χ1v) is 13.1. The van der Waals surface area contributed by atoms with Gasteiger partial charge in [0, 0.05) is 13.6 Å². The number of rotatable bonds is 6. The average Bonchev–Trinajstić information content (AvgIpc) is 2.71. The lowest BCUT2D eigenvalue weighted by Crippen LogP contribution is -2.37. The summed E-state index contributed by atoms with van der Waals surface area (Å²) >= 11 is 6.34. The van der Waals surface area contributed by atoms with Gasteiger partial charge in [-0.1, -0.05) is 29.8 Å². The molecule has 3 aromatic rings. The molecule has 1 aromatic heterocycles. The number of benzene rings is 2. The Morgan fingerprint density at radius 1 is 1.23 bits per heavy atom. The van der Waals surface area contributed by atoms with Gasteiger partial charge in [-0.3, -0.25) is 9.36 Å². The second-order valence-electron chi connectivity index (χ2n) is 9.30. The number of nitrogens with one attached hydrogen (secondary N) is 1. The van der Waals surface area contributed by atoms with E-state index in [1.807, 2.05) is 0 Å². The highest BCUT2D eigenvalue weighted by atomic mass is 35.5. The minimum Gasteiger partial charge on any atom is -0.444 e. The third-order valence-electron chi connectivity index (χ3n) is 5.13. The second kappa shape index (κ2) is 9.96. The zero-order valence-corrected chi connectivity index (χ0v) is 22.1. The van der Waals surface area contributed by atoms with E-state index in [0.717, 1.165) is 6.26 Å². The number of nitrogens with zero attached hydrogens (tertiary/aromatic N) is 3. The summed E-state index contributed by atoms with van der Waals surface area (Å²) in [6.07, 6.45) is 0.471. The molecule has 35 heavy (non-hydrogen) atoms. The largest absolute Gasteiger partial charge is 0.444 e. The van der Waals surface area contributed by atoms with E-state index in [0.29, 0.717) is 16.8 Å². The molecule has 0 saturated carbocycles. The molecule has 2 aromatic carbocycles. The fraction of sp³-hybridized carbons (Fsp3) is 0.375. The van der Waals surface area contributed by atoms with Crippen molar-refractivity contribution in [2.24, 2.45) is 0 Å².